The number of aliphatic hydroxyl groups is 1. The molecule has 3 aliphatic carbocycles. The van der Waals surface area contributed by atoms with Crippen molar-refractivity contribution in [3.8, 4) is 0 Å². The van der Waals surface area contributed by atoms with Gasteiger partial charge in [0.2, 0.25) is 5.91 Å². The third-order valence-corrected chi connectivity index (χ3v) is 8.94. The van der Waals surface area contributed by atoms with Crippen molar-refractivity contribution in [1.82, 2.24) is 5.32 Å². The quantitative estimate of drug-likeness (QED) is 0.396. The summed E-state index contributed by atoms with van der Waals surface area (Å²) in [5, 5.41) is 11.9. The fraction of sp³-hybridized carbons (Fsp3) is 0.455. The van der Waals surface area contributed by atoms with E-state index in [2.05, 4.69) is 23.5 Å². The molecule has 2 saturated heterocycles. The number of hydrogen-bond acceptors (Lipinski definition) is 7. The molecule has 1 spiro atoms. The molecule has 2 aliphatic heterocycles. The van der Waals surface area contributed by atoms with Crippen LogP contribution in [0.25, 0.3) is 6.08 Å². The summed E-state index contributed by atoms with van der Waals surface area (Å²) >= 11 is 0. The number of aliphatic hydroxyl groups excluding tert-OH is 1. The van der Waals surface area contributed by atoms with Crippen LogP contribution in [-0.4, -0.2) is 66.4 Å². The highest BCUT2D eigenvalue weighted by molar-refractivity contribution is 5.95. The predicted molar refractivity (Wildman–Crippen MR) is 150 cm³/mol. The van der Waals surface area contributed by atoms with E-state index in [0.717, 1.165) is 24.8 Å². The largest absolute Gasteiger partial charge is 0.456 e. The van der Waals surface area contributed by atoms with Crippen molar-refractivity contribution >= 4 is 18.0 Å². The lowest BCUT2D eigenvalue weighted by atomic mass is 9.88. The molecule has 0 bridgehead atoms. The van der Waals surface area contributed by atoms with Crippen LogP contribution >= 0.6 is 0 Å². The van der Waals surface area contributed by atoms with Gasteiger partial charge in [-0.1, -0.05) is 54.6 Å². The average Bonchev–Trinajstić information content (AvgIpc) is 3.54. The third kappa shape index (κ3) is 5.37. The summed E-state index contributed by atoms with van der Waals surface area (Å²) in [5.74, 6) is -1.19. The molecule has 214 valence electrons. The van der Waals surface area contributed by atoms with Gasteiger partial charge in [-0.05, 0) is 54.0 Å². The Kier molecular flexibility index (Phi) is 7.03. The van der Waals surface area contributed by atoms with E-state index < -0.39 is 30.1 Å². The molecule has 6 atom stereocenters. The highest BCUT2D eigenvalue weighted by atomic mass is 16.8. The lowest BCUT2D eigenvalue weighted by Crippen LogP contribution is -2.44. The van der Waals surface area contributed by atoms with Gasteiger partial charge in [0.05, 0.1) is 24.4 Å². The van der Waals surface area contributed by atoms with E-state index in [1.807, 2.05) is 36.4 Å². The Labute approximate surface area is 239 Å². The van der Waals surface area contributed by atoms with Crippen molar-refractivity contribution in [3.63, 3.8) is 0 Å². The van der Waals surface area contributed by atoms with Gasteiger partial charge >= 0.3 is 5.97 Å². The standard InChI is InChI=1S/C33H35NO7/c35-14-13-34-31(36)24-16-28(30-29(17-24)40-33(41-30)18-22-6-1-2-7-23(22)19-33)39-32(37)25-8-4-3-5-21(25)11-9-20-10-12-26-27(15-20)38-26/h1-9,11,17,20,26-30,35H,10,12-16,18-19H2,(H,34,36)/t20?,26?,27?,28-,29-,30+/m1/s1. The molecule has 0 aromatic heterocycles. The minimum atomic E-state index is -0.859. The number of esters is 1. The Bertz CT molecular complexity index is 1370. The average molecular weight is 558 g/mol. The number of amides is 1. The summed E-state index contributed by atoms with van der Waals surface area (Å²) in [7, 11) is 0. The van der Waals surface area contributed by atoms with E-state index in [9.17, 15) is 14.7 Å². The molecule has 2 heterocycles. The zero-order valence-corrected chi connectivity index (χ0v) is 22.9. The van der Waals surface area contributed by atoms with Crippen LogP contribution in [0.2, 0.25) is 0 Å². The van der Waals surface area contributed by atoms with E-state index in [1.165, 1.54) is 11.1 Å². The van der Waals surface area contributed by atoms with Crippen LogP contribution in [0.5, 0.6) is 0 Å². The summed E-state index contributed by atoms with van der Waals surface area (Å²) in [6.45, 7) is -0.0244. The van der Waals surface area contributed by atoms with Crippen molar-refractivity contribution in [2.75, 3.05) is 13.2 Å². The number of benzene rings is 2. The van der Waals surface area contributed by atoms with Gasteiger partial charge in [0, 0.05) is 31.4 Å². The van der Waals surface area contributed by atoms with Gasteiger partial charge in [-0.3, -0.25) is 4.79 Å². The van der Waals surface area contributed by atoms with Gasteiger partial charge in [0.15, 0.2) is 5.79 Å². The number of carbonyl (C=O) groups is 2. The molecule has 5 aliphatic rings. The normalized spacial score (nSPS) is 30.8. The highest BCUT2D eigenvalue weighted by Crippen LogP contribution is 2.45. The summed E-state index contributed by atoms with van der Waals surface area (Å²) in [6.07, 6.45) is 9.61. The zero-order chi connectivity index (χ0) is 28.0. The van der Waals surface area contributed by atoms with Crippen LogP contribution in [0, 0.1) is 5.92 Å². The van der Waals surface area contributed by atoms with Gasteiger partial charge in [0.25, 0.3) is 0 Å². The zero-order valence-electron chi connectivity index (χ0n) is 22.9. The Hall–Kier alpha value is -3.30. The van der Waals surface area contributed by atoms with Crippen molar-refractivity contribution in [1.29, 1.82) is 0 Å². The van der Waals surface area contributed by atoms with Gasteiger partial charge < -0.3 is 29.4 Å². The molecule has 0 radical (unpaired) electrons. The van der Waals surface area contributed by atoms with E-state index in [0.29, 0.717) is 42.1 Å². The SMILES string of the molecule is O=C(NCCO)C1=C[C@H]2OC3(Cc4ccccc4C3)O[C@H]2[C@H](OC(=O)c2ccccc2C=CC2CCC3OC3C2)C1. The number of hydrogen-bond donors (Lipinski definition) is 2. The highest BCUT2D eigenvalue weighted by Gasteiger charge is 2.55. The molecular weight excluding hydrogens is 522 g/mol. The Morgan fingerprint density at radius 2 is 1.80 bits per heavy atom. The first-order valence-corrected chi connectivity index (χ1v) is 14.7. The Morgan fingerprint density at radius 1 is 1.02 bits per heavy atom. The molecule has 8 nitrogen and oxygen atoms in total. The molecule has 1 saturated carbocycles. The van der Waals surface area contributed by atoms with Crippen molar-refractivity contribution in [2.45, 2.75) is 74.8 Å². The van der Waals surface area contributed by atoms with Gasteiger partial charge in [-0.15, -0.1) is 0 Å². The van der Waals surface area contributed by atoms with Crippen LogP contribution < -0.4 is 5.32 Å². The molecule has 2 aromatic carbocycles. The summed E-state index contributed by atoms with van der Waals surface area (Å²) in [6, 6.07) is 15.6. The molecule has 2 aromatic rings. The van der Waals surface area contributed by atoms with E-state index in [4.69, 9.17) is 18.9 Å². The second-order valence-electron chi connectivity index (χ2n) is 11.7. The van der Waals surface area contributed by atoms with Crippen LogP contribution in [0.4, 0.5) is 0 Å². The van der Waals surface area contributed by atoms with Gasteiger partial charge in [-0.2, -0.15) is 0 Å². The van der Waals surface area contributed by atoms with E-state index in [-0.39, 0.29) is 25.5 Å². The van der Waals surface area contributed by atoms with Crippen molar-refractivity contribution < 1.29 is 33.6 Å². The van der Waals surface area contributed by atoms with Crippen LogP contribution in [0.3, 0.4) is 0 Å². The summed E-state index contributed by atoms with van der Waals surface area (Å²) in [4.78, 5) is 26.6. The number of allylic oxidation sites excluding steroid dienone is 1. The molecule has 7 rings (SSSR count). The van der Waals surface area contributed by atoms with Crippen molar-refractivity contribution in [3.05, 3.63) is 88.5 Å². The summed E-state index contributed by atoms with van der Waals surface area (Å²) < 4.78 is 24.9. The third-order valence-electron chi connectivity index (χ3n) is 8.94. The Morgan fingerprint density at radius 3 is 2.59 bits per heavy atom. The minimum absolute atomic E-state index is 0.138. The molecule has 3 unspecified atom stereocenters. The van der Waals surface area contributed by atoms with Crippen molar-refractivity contribution in [2.24, 2.45) is 5.92 Å². The number of carbonyl (C=O) groups excluding carboxylic acids is 2. The van der Waals surface area contributed by atoms with E-state index >= 15 is 0 Å². The molecule has 8 heteroatoms. The van der Waals surface area contributed by atoms with Crippen LogP contribution in [-0.2, 0) is 36.6 Å². The number of fused-ring (bicyclic) bond motifs is 3. The second kappa shape index (κ2) is 10.8. The fourth-order valence-electron chi connectivity index (χ4n) is 6.82. The molecule has 1 amide bonds. The first-order chi connectivity index (χ1) is 20.0. The number of epoxide rings is 1. The molecule has 2 N–H and O–H groups in total. The topological polar surface area (TPSA) is 107 Å². The van der Waals surface area contributed by atoms with Gasteiger partial charge in [-0.25, -0.2) is 4.79 Å². The number of rotatable bonds is 7. The maximum atomic E-state index is 13.6. The first-order valence-electron chi connectivity index (χ1n) is 14.7. The van der Waals surface area contributed by atoms with E-state index in [1.54, 1.807) is 12.1 Å². The fourth-order valence-corrected chi connectivity index (χ4v) is 6.82. The second-order valence-corrected chi connectivity index (χ2v) is 11.7. The maximum Gasteiger partial charge on any atom is 0.339 e. The molecular formula is C33H35NO7. The Balaban J connectivity index is 1.11. The lowest BCUT2D eigenvalue weighted by Gasteiger charge is -2.30. The smallest absolute Gasteiger partial charge is 0.339 e. The molecule has 41 heavy (non-hydrogen) atoms. The monoisotopic (exact) mass is 557 g/mol. The maximum absolute atomic E-state index is 13.6. The lowest BCUT2D eigenvalue weighted by molar-refractivity contribution is -0.172. The minimum Gasteiger partial charge on any atom is -0.456 e. The molecule has 3 fully saturated rings. The van der Waals surface area contributed by atoms with Crippen LogP contribution in [0.1, 0.15) is 52.7 Å². The number of nitrogens with one attached hydrogen (secondary N) is 1. The predicted octanol–water partition coefficient (Wildman–Crippen LogP) is 3.51. The summed E-state index contributed by atoms with van der Waals surface area (Å²) in [5.41, 5.74) is 4.07. The van der Waals surface area contributed by atoms with Gasteiger partial charge in [0.1, 0.15) is 18.3 Å². The first kappa shape index (κ1) is 26.6. The van der Waals surface area contributed by atoms with Crippen LogP contribution in [0.15, 0.2) is 66.3 Å². The number of ether oxygens (including phenoxy) is 4.